The van der Waals surface area contributed by atoms with E-state index in [2.05, 4.69) is 20.0 Å². The number of nitrogens with one attached hydrogen (secondary N) is 1. The number of ether oxygens (including phenoxy) is 2. The second-order valence-corrected chi connectivity index (χ2v) is 17.5. The molecular weight excluding hydrogens is 712 g/mol. The molecule has 2 aromatic heterocycles. The van der Waals surface area contributed by atoms with Gasteiger partial charge in [-0.25, -0.2) is 14.5 Å². The van der Waals surface area contributed by atoms with Crippen molar-refractivity contribution in [2.75, 3.05) is 36.4 Å². The number of aliphatic hydroxyl groups excluding tert-OH is 1. The highest BCUT2D eigenvalue weighted by Crippen LogP contribution is 2.49. The second kappa shape index (κ2) is 14.8. The van der Waals surface area contributed by atoms with Crippen LogP contribution in [0, 0.1) is 17.8 Å². The Balaban J connectivity index is 1.22. The van der Waals surface area contributed by atoms with Crippen molar-refractivity contribution in [2.45, 2.75) is 76.7 Å². The summed E-state index contributed by atoms with van der Waals surface area (Å²) in [7, 11) is -2.14. The minimum Gasteiger partial charge on any atom is -0.464 e. The summed E-state index contributed by atoms with van der Waals surface area (Å²) in [5, 5.41) is 15.8. The number of fused-ring (bicyclic) bond motifs is 2. The maximum absolute atomic E-state index is 16.6. The average molecular weight is 756 g/mol. The van der Waals surface area contributed by atoms with Crippen LogP contribution >= 0.6 is 19.6 Å². The lowest BCUT2D eigenvalue weighted by molar-refractivity contribution is -0.148. The molecular formula is C35H43FN7O7PS. The van der Waals surface area contributed by atoms with Gasteiger partial charge in [-0.3, -0.25) is 13.9 Å². The Morgan fingerprint density at radius 2 is 2.02 bits per heavy atom. The first-order chi connectivity index (χ1) is 24.6. The number of nitrogens with two attached hydrogens (primary N) is 1. The number of terminal acetylenes is 1. The number of anilines is 2. The third-order valence-corrected chi connectivity index (χ3v) is 12.2. The van der Waals surface area contributed by atoms with Crippen molar-refractivity contribution in [2.24, 2.45) is 5.41 Å². The number of aromatic nitrogens is 4. The average Bonchev–Trinajstić information content (AvgIpc) is 3.83. The molecule has 1 saturated carbocycles. The van der Waals surface area contributed by atoms with Crippen molar-refractivity contribution in [3.05, 3.63) is 48.8 Å². The maximum atomic E-state index is 16.6. The van der Waals surface area contributed by atoms with E-state index < -0.39 is 50.2 Å². The van der Waals surface area contributed by atoms with Crippen molar-refractivity contribution in [1.29, 1.82) is 0 Å². The molecule has 52 heavy (non-hydrogen) atoms. The first-order valence-corrected chi connectivity index (χ1v) is 19.5. The number of rotatable bonds is 14. The fraction of sp³-hybridized carbons (Fsp3) is 0.486. The zero-order valence-electron chi connectivity index (χ0n) is 29.6. The molecule has 2 fully saturated rings. The number of aliphatic hydroxyl groups is 1. The van der Waals surface area contributed by atoms with Crippen LogP contribution in [0.4, 0.5) is 16.2 Å². The van der Waals surface area contributed by atoms with Crippen LogP contribution in [0.15, 0.2) is 48.8 Å². The van der Waals surface area contributed by atoms with Gasteiger partial charge < -0.3 is 33.9 Å². The highest BCUT2D eigenvalue weighted by atomic mass is 32.2. The number of carbonyl (C=O) groups excluding carboxylic acids is 1. The number of benzene rings is 2. The molecule has 6 rings (SSSR count). The van der Waals surface area contributed by atoms with E-state index in [1.54, 1.807) is 6.07 Å². The highest BCUT2D eigenvalue weighted by molar-refractivity contribution is 8.01. The Kier molecular flexibility index (Phi) is 10.8. The Hall–Kier alpha value is -3.97. The predicted octanol–water partition coefficient (Wildman–Crippen LogP) is 5.22. The van der Waals surface area contributed by atoms with E-state index in [1.165, 1.54) is 17.8 Å². The second-order valence-electron chi connectivity index (χ2n) is 14.3. The molecule has 0 amide bonds. The van der Waals surface area contributed by atoms with E-state index in [0.717, 1.165) is 35.7 Å². The van der Waals surface area contributed by atoms with Crippen LogP contribution in [0.1, 0.15) is 46.8 Å². The molecule has 278 valence electrons. The summed E-state index contributed by atoms with van der Waals surface area (Å²) in [4.78, 5) is 27.9. The number of hydrogen-bond donors (Lipinski definition) is 3. The Labute approximate surface area is 305 Å². The van der Waals surface area contributed by atoms with Gasteiger partial charge >= 0.3 is 5.97 Å². The first-order valence-electron chi connectivity index (χ1n) is 16.8. The minimum absolute atomic E-state index is 0.0641. The molecule has 1 aliphatic carbocycles. The molecule has 2 aliphatic rings. The lowest BCUT2D eigenvalue weighted by Gasteiger charge is -2.25. The summed E-state index contributed by atoms with van der Waals surface area (Å²) < 4.78 is 55.6. The van der Waals surface area contributed by atoms with Crippen LogP contribution < -0.4 is 19.9 Å². The van der Waals surface area contributed by atoms with Crippen molar-refractivity contribution in [1.82, 2.24) is 24.6 Å². The number of esters is 1. The van der Waals surface area contributed by atoms with Gasteiger partial charge in [-0.05, 0) is 36.6 Å². The van der Waals surface area contributed by atoms with Gasteiger partial charge in [0.25, 0.3) is 7.52 Å². The molecule has 2 aromatic carbocycles. The Morgan fingerprint density at radius 1 is 1.29 bits per heavy atom. The van der Waals surface area contributed by atoms with E-state index in [1.807, 2.05) is 75.0 Å². The van der Waals surface area contributed by atoms with Gasteiger partial charge in [0.2, 0.25) is 11.6 Å². The molecule has 17 heteroatoms. The van der Waals surface area contributed by atoms with Crippen LogP contribution in [0.5, 0.6) is 5.75 Å². The topological polar surface area (TPSA) is 176 Å². The van der Waals surface area contributed by atoms with Crippen LogP contribution in [-0.2, 0) is 23.4 Å². The summed E-state index contributed by atoms with van der Waals surface area (Å²) in [5.74, 6) is 2.33. The number of carbonyl (C=O) groups is 1. The lowest BCUT2D eigenvalue weighted by Crippen LogP contribution is -2.42. The standard InChI is InChI=1S/C35H43FN7O7PS/c1-7-35(36)28(44)26(49-32(35)43-19-38-27-29(42(6)23-15-16-23)39-33(37)40-30(27)43)17-48-51(46,41-21(2)31(45)47-18-34(3,4)5)20-52-50-25-14-10-12-22-11-8-9-13-24(22)25/h1,8-14,19,21,23,26,28,32,44H,15-18,20H2,2-6H3,(H,41,46)(H2,37,39,40)/t21-,26+,28+,32+,35+,51?/m0/s1. The van der Waals surface area contributed by atoms with Gasteiger partial charge in [-0.1, -0.05) is 63.1 Å². The van der Waals surface area contributed by atoms with Gasteiger partial charge in [-0.15, -0.1) is 6.42 Å². The molecule has 0 spiro atoms. The Morgan fingerprint density at radius 3 is 2.73 bits per heavy atom. The quantitative estimate of drug-likeness (QED) is 0.0661. The van der Waals surface area contributed by atoms with Gasteiger partial charge in [0.05, 0.1) is 31.6 Å². The maximum Gasteiger partial charge on any atom is 0.323 e. The van der Waals surface area contributed by atoms with Crippen molar-refractivity contribution in [3.8, 4) is 18.1 Å². The van der Waals surface area contributed by atoms with Crippen molar-refractivity contribution < 1.29 is 37.0 Å². The van der Waals surface area contributed by atoms with Gasteiger partial charge in [-0.2, -0.15) is 9.97 Å². The fourth-order valence-corrected chi connectivity index (χ4v) is 8.57. The summed E-state index contributed by atoms with van der Waals surface area (Å²) in [6.45, 7) is 6.78. The van der Waals surface area contributed by atoms with E-state index in [-0.39, 0.29) is 35.2 Å². The van der Waals surface area contributed by atoms with Crippen molar-refractivity contribution in [3.63, 3.8) is 0 Å². The van der Waals surface area contributed by atoms with E-state index in [0.29, 0.717) is 17.1 Å². The number of hydrogen-bond acceptors (Lipinski definition) is 13. The largest absolute Gasteiger partial charge is 0.464 e. The lowest BCUT2D eigenvalue weighted by atomic mass is 9.97. The van der Waals surface area contributed by atoms with Crippen molar-refractivity contribution >= 4 is 59.2 Å². The SMILES string of the molecule is C#C[C@@]1(F)[C@H](O)[C@@H](COP(=O)(CSOc2cccc3ccccc23)N[C@@H](C)C(=O)OCC(C)(C)C)O[C@H]1n1cnc2c(N(C)C3CC3)nc(N)nc21. The third-order valence-electron chi connectivity index (χ3n) is 8.73. The highest BCUT2D eigenvalue weighted by Gasteiger charge is 2.58. The van der Waals surface area contributed by atoms with Crippen LogP contribution in [0.2, 0.25) is 0 Å². The van der Waals surface area contributed by atoms with Crippen LogP contribution in [-0.4, -0.2) is 86.3 Å². The van der Waals surface area contributed by atoms with Gasteiger partial charge in [0.15, 0.2) is 23.2 Å². The van der Waals surface area contributed by atoms with E-state index >= 15 is 4.39 Å². The normalized spacial score (nSPS) is 23.6. The summed E-state index contributed by atoms with van der Waals surface area (Å²) in [6.07, 6.45) is 4.00. The third kappa shape index (κ3) is 8.00. The zero-order chi connectivity index (χ0) is 37.4. The summed E-state index contributed by atoms with van der Waals surface area (Å²) >= 11 is 0.843. The number of nitrogen functional groups attached to an aromatic ring is 1. The summed E-state index contributed by atoms with van der Waals surface area (Å²) in [6, 6.07) is 12.4. The molecule has 4 N–H and O–H groups in total. The van der Waals surface area contributed by atoms with Crippen LogP contribution in [0.3, 0.4) is 0 Å². The smallest absolute Gasteiger partial charge is 0.323 e. The molecule has 1 unspecified atom stereocenters. The fourth-order valence-electron chi connectivity index (χ4n) is 5.77. The Bertz CT molecular complexity index is 2030. The zero-order valence-corrected chi connectivity index (χ0v) is 31.3. The predicted molar refractivity (Wildman–Crippen MR) is 197 cm³/mol. The molecule has 6 atom stereocenters. The van der Waals surface area contributed by atoms with E-state index in [4.69, 9.17) is 30.3 Å². The number of halogens is 1. The van der Waals surface area contributed by atoms with E-state index in [9.17, 15) is 14.5 Å². The molecule has 1 aliphatic heterocycles. The molecule has 0 bridgehead atoms. The van der Waals surface area contributed by atoms with Gasteiger partial charge in [0, 0.05) is 18.5 Å². The number of imidazole rings is 1. The minimum atomic E-state index is -4.01. The molecule has 14 nitrogen and oxygen atoms in total. The summed E-state index contributed by atoms with van der Waals surface area (Å²) in [5.41, 5.74) is 3.19. The molecule has 1 saturated heterocycles. The number of alkyl halides is 1. The first kappa shape index (κ1) is 37.8. The monoisotopic (exact) mass is 755 g/mol. The van der Waals surface area contributed by atoms with Gasteiger partial charge in [0.1, 0.15) is 29.5 Å². The molecule has 3 heterocycles. The molecule has 4 aromatic rings. The van der Waals surface area contributed by atoms with Crippen LogP contribution in [0.25, 0.3) is 21.9 Å². The molecule has 0 radical (unpaired) electrons. The number of nitrogens with zero attached hydrogens (tertiary/aromatic N) is 5.